The topological polar surface area (TPSA) is 71.7 Å². The molecule has 0 spiro atoms. The molecule has 1 fully saturated rings. The van der Waals surface area contributed by atoms with Crippen LogP contribution >= 0.6 is 0 Å². The first-order valence-electron chi connectivity index (χ1n) is 5.21. The zero-order valence-electron chi connectivity index (χ0n) is 9.16. The zero-order chi connectivity index (χ0) is 11.6. The summed E-state index contributed by atoms with van der Waals surface area (Å²) >= 11 is 0. The molecule has 16 heavy (non-hydrogen) atoms. The van der Waals surface area contributed by atoms with Crippen LogP contribution < -0.4 is 5.32 Å². The number of hydrogen-bond acceptors (Lipinski definition) is 5. The van der Waals surface area contributed by atoms with Gasteiger partial charge in [-0.15, -0.1) is 0 Å². The van der Waals surface area contributed by atoms with Crippen LogP contribution in [0.25, 0.3) is 0 Å². The fraction of sp³-hybridized carbons (Fsp3) is 0.545. The molecule has 1 aliphatic rings. The standard InChI is InChI=1S/C11H15NO4/c1-15-10(14)9-8(2-5-16-9)6-12-11(7-13)3-4-11/h2,5,12-13H,3-4,6-7H2,1H3. The molecular formula is C11H15NO4. The first kappa shape index (κ1) is 11.2. The molecule has 1 saturated carbocycles. The number of rotatable bonds is 5. The third-order valence-corrected chi connectivity index (χ3v) is 2.93. The molecule has 0 radical (unpaired) electrons. The van der Waals surface area contributed by atoms with Gasteiger partial charge < -0.3 is 19.6 Å². The summed E-state index contributed by atoms with van der Waals surface area (Å²) < 4.78 is 9.66. The lowest BCUT2D eigenvalue weighted by atomic mass is 10.2. The van der Waals surface area contributed by atoms with Crippen LogP contribution in [0.15, 0.2) is 16.7 Å². The van der Waals surface area contributed by atoms with Gasteiger partial charge in [-0.2, -0.15) is 0 Å². The van der Waals surface area contributed by atoms with Gasteiger partial charge in [0.2, 0.25) is 5.76 Å². The normalized spacial score (nSPS) is 17.1. The van der Waals surface area contributed by atoms with Crippen molar-refractivity contribution in [3.05, 3.63) is 23.7 Å². The van der Waals surface area contributed by atoms with Gasteiger partial charge in [0.25, 0.3) is 0 Å². The van der Waals surface area contributed by atoms with E-state index in [0.29, 0.717) is 6.54 Å². The summed E-state index contributed by atoms with van der Waals surface area (Å²) in [6.07, 6.45) is 3.39. The molecule has 0 amide bonds. The van der Waals surface area contributed by atoms with E-state index in [1.54, 1.807) is 6.07 Å². The van der Waals surface area contributed by atoms with Crippen LogP contribution in [0, 0.1) is 0 Å². The summed E-state index contributed by atoms with van der Waals surface area (Å²) in [7, 11) is 1.32. The molecule has 88 valence electrons. The number of esters is 1. The Morgan fingerprint density at radius 1 is 1.69 bits per heavy atom. The van der Waals surface area contributed by atoms with Crippen molar-refractivity contribution in [3.8, 4) is 0 Å². The number of carbonyl (C=O) groups is 1. The molecule has 5 nitrogen and oxygen atoms in total. The molecule has 0 aromatic carbocycles. The Balaban J connectivity index is 1.99. The van der Waals surface area contributed by atoms with Gasteiger partial charge in [-0.3, -0.25) is 0 Å². The monoisotopic (exact) mass is 225 g/mol. The minimum Gasteiger partial charge on any atom is -0.463 e. The van der Waals surface area contributed by atoms with Gasteiger partial charge in [0.05, 0.1) is 20.0 Å². The average Bonchev–Trinajstić information content (AvgIpc) is 2.95. The smallest absolute Gasteiger partial charge is 0.374 e. The van der Waals surface area contributed by atoms with Gasteiger partial charge in [0.15, 0.2) is 0 Å². The van der Waals surface area contributed by atoms with E-state index in [0.717, 1.165) is 18.4 Å². The number of hydrogen-bond donors (Lipinski definition) is 2. The maximum Gasteiger partial charge on any atom is 0.374 e. The maximum atomic E-state index is 11.3. The molecule has 0 bridgehead atoms. The number of nitrogens with one attached hydrogen (secondary N) is 1. The summed E-state index contributed by atoms with van der Waals surface area (Å²) in [5, 5.41) is 12.4. The Morgan fingerprint density at radius 2 is 2.44 bits per heavy atom. The highest BCUT2D eigenvalue weighted by molar-refractivity contribution is 5.87. The van der Waals surface area contributed by atoms with Crippen LogP contribution in [0.1, 0.15) is 29.0 Å². The van der Waals surface area contributed by atoms with E-state index in [1.165, 1.54) is 13.4 Å². The van der Waals surface area contributed by atoms with Crippen molar-refractivity contribution in [1.29, 1.82) is 0 Å². The summed E-state index contributed by atoms with van der Waals surface area (Å²) in [6.45, 7) is 0.625. The second-order valence-corrected chi connectivity index (χ2v) is 4.06. The third-order valence-electron chi connectivity index (χ3n) is 2.93. The van der Waals surface area contributed by atoms with E-state index in [9.17, 15) is 4.79 Å². The summed E-state index contributed by atoms with van der Waals surface area (Å²) in [4.78, 5) is 11.3. The van der Waals surface area contributed by atoms with Crippen molar-refractivity contribution >= 4 is 5.97 Å². The van der Waals surface area contributed by atoms with Crippen LogP contribution in [0.4, 0.5) is 0 Å². The average molecular weight is 225 g/mol. The highest BCUT2D eigenvalue weighted by atomic mass is 16.5. The highest BCUT2D eigenvalue weighted by Gasteiger charge is 2.41. The second kappa shape index (κ2) is 4.27. The molecule has 0 saturated heterocycles. The number of aliphatic hydroxyl groups is 1. The van der Waals surface area contributed by atoms with E-state index in [4.69, 9.17) is 9.52 Å². The molecule has 5 heteroatoms. The first-order chi connectivity index (χ1) is 7.71. The van der Waals surface area contributed by atoms with Crippen LogP contribution in [-0.4, -0.2) is 30.3 Å². The van der Waals surface area contributed by atoms with E-state index in [-0.39, 0.29) is 17.9 Å². The summed E-state index contributed by atoms with van der Waals surface area (Å²) in [5.41, 5.74) is 0.608. The Bertz CT molecular complexity index is 381. The second-order valence-electron chi connectivity index (χ2n) is 4.06. The number of furan rings is 1. The molecule has 0 atom stereocenters. The lowest BCUT2D eigenvalue weighted by molar-refractivity contribution is 0.0563. The molecule has 1 aromatic heterocycles. The van der Waals surface area contributed by atoms with E-state index < -0.39 is 5.97 Å². The number of aliphatic hydroxyl groups excluding tert-OH is 1. The van der Waals surface area contributed by atoms with Gasteiger partial charge in [0.1, 0.15) is 0 Å². The number of ether oxygens (including phenoxy) is 1. The van der Waals surface area contributed by atoms with E-state index in [2.05, 4.69) is 10.1 Å². The third kappa shape index (κ3) is 2.10. The number of methoxy groups -OCH3 is 1. The summed E-state index contributed by atoms with van der Waals surface area (Å²) in [6, 6.07) is 1.73. The maximum absolute atomic E-state index is 11.3. The van der Waals surface area contributed by atoms with Crippen LogP contribution in [-0.2, 0) is 11.3 Å². The Kier molecular flexibility index (Phi) is 2.98. The van der Waals surface area contributed by atoms with E-state index in [1.807, 2.05) is 0 Å². The minimum absolute atomic E-state index is 0.123. The molecule has 1 aromatic rings. The van der Waals surface area contributed by atoms with Gasteiger partial charge in [-0.1, -0.05) is 0 Å². The fourth-order valence-corrected chi connectivity index (χ4v) is 1.57. The van der Waals surface area contributed by atoms with Crippen LogP contribution in [0.5, 0.6) is 0 Å². The Labute approximate surface area is 93.4 Å². The Hall–Kier alpha value is -1.33. The van der Waals surface area contributed by atoms with Gasteiger partial charge in [-0.05, 0) is 18.9 Å². The van der Waals surface area contributed by atoms with Crippen LogP contribution in [0.3, 0.4) is 0 Å². The van der Waals surface area contributed by atoms with Crippen molar-refractivity contribution in [2.75, 3.05) is 13.7 Å². The lowest BCUT2D eigenvalue weighted by Crippen LogP contribution is -2.34. The molecule has 0 unspecified atom stereocenters. The Morgan fingerprint density at radius 3 is 3.00 bits per heavy atom. The van der Waals surface area contributed by atoms with Crippen molar-refractivity contribution in [2.45, 2.75) is 24.9 Å². The zero-order valence-corrected chi connectivity index (χ0v) is 9.16. The van der Waals surface area contributed by atoms with Crippen molar-refractivity contribution in [3.63, 3.8) is 0 Å². The molecular weight excluding hydrogens is 210 g/mol. The van der Waals surface area contributed by atoms with Gasteiger partial charge in [-0.25, -0.2) is 4.79 Å². The van der Waals surface area contributed by atoms with Gasteiger partial charge >= 0.3 is 5.97 Å². The largest absolute Gasteiger partial charge is 0.463 e. The van der Waals surface area contributed by atoms with Crippen molar-refractivity contribution in [2.24, 2.45) is 0 Å². The predicted molar refractivity (Wildman–Crippen MR) is 55.9 cm³/mol. The molecule has 0 aliphatic heterocycles. The SMILES string of the molecule is COC(=O)c1occc1CNC1(CO)CC1. The van der Waals surface area contributed by atoms with Crippen molar-refractivity contribution < 1.29 is 19.1 Å². The van der Waals surface area contributed by atoms with Gasteiger partial charge in [0, 0.05) is 17.6 Å². The van der Waals surface area contributed by atoms with Crippen molar-refractivity contribution in [1.82, 2.24) is 5.32 Å². The van der Waals surface area contributed by atoms with E-state index >= 15 is 0 Å². The fourth-order valence-electron chi connectivity index (χ4n) is 1.57. The quantitative estimate of drug-likeness (QED) is 0.721. The molecule has 2 rings (SSSR count). The molecule has 1 heterocycles. The number of carbonyl (C=O) groups excluding carboxylic acids is 1. The molecule has 2 N–H and O–H groups in total. The highest BCUT2D eigenvalue weighted by Crippen LogP contribution is 2.35. The van der Waals surface area contributed by atoms with Crippen LogP contribution in [0.2, 0.25) is 0 Å². The summed E-state index contributed by atoms with van der Waals surface area (Å²) in [5.74, 6) is -0.251. The predicted octanol–water partition coefficient (Wildman–Crippen LogP) is 0.681. The first-order valence-corrected chi connectivity index (χ1v) is 5.21. The molecule has 1 aliphatic carbocycles. The minimum atomic E-state index is -0.476. The lowest BCUT2D eigenvalue weighted by Gasteiger charge is -2.13.